The van der Waals surface area contributed by atoms with Crippen LogP contribution in [0.2, 0.25) is 5.02 Å². The Kier molecular flexibility index (Phi) is 4.01. The summed E-state index contributed by atoms with van der Waals surface area (Å²) in [5, 5.41) is 17.9. The molecule has 3 heterocycles. The molecular formula is C11H4ClF3N6O2S. The molecule has 124 valence electrons. The highest BCUT2D eigenvalue weighted by atomic mass is 35.5. The Bertz CT molecular complexity index is 930. The maximum atomic E-state index is 12.9. The normalized spacial score (nSPS) is 11.8. The van der Waals surface area contributed by atoms with Crippen molar-refractivity contribution in [3.8, 4) is 0 Å². The molecule has 0 unspecified atom stereocenters. The van der Waals surface area contributed by atoms with Gasteiger partial charge in [0.05, 0.1) is 15.5 Å². The highest BCUT2D eigenvalue weighted by Gasteiger charge is 2.32. The lowest BCUT2D eigenvalue weighted by Gasteiger charge is -2.08. The van der Waals surface area contributed by atoms with Crippen molar-refractivity contribution in [3.05, 3.63) is 45.4 Å². The lowest BCUT2D eigenvalue weighted by molar-refractivity contribution is -0.385. The number of hydrogen-bond donors (Lipinski definition) is 0. The van der Waals surface area contributed by atoms with Crippen molar-refractivity contribution in [2.75, 3.05) is 0 Å². The molecule has 8 nitrogen and oxygen atoms in total. The summed E-state index contributed by atoms with van der Waals surface area (Å²) in [6, 6.07) is 0.752. The fourth-order valence-corrected chi connectivity index (χ4v) is 2.64. The predicted octanol–water partition coefficient (Wildman–Crippen LogP) is 3.25. The molecular weight excluding hydrogens is 373 g/mol. The lowest BCUT2D eigenvalue weighted by Crippen LogP contribution is -2.07. The zero-order valence-electron chi connectivity index (χ0n) is 11.2. The molecule has 0 amide bonds. The van der Waals surface area contributed by atoms with Crippen LogP contribution < -0.4 is 0 Å². The van der Waals surface area contributed by atoms with Gasteiger partial charge in [0.1, 0.15) is 12.4 Å². The molecule has 0 aliphatic heterocycles. The van der Waals surface area contributed by atoms with Crippen LogP contribution in [0.15, 0.2) is 35.0 Å². The van der Waals surface area contributed by atoms with Crippen molar-refractivity contribution in [1.29, 1.82) is 0 Å². The molecule has 0 N–H and O–H groups in total. The van der Waals surface area contributed by atoms with Crippen LogP contribution in [-0.4, -0.2) is 29.5 Å². The summed E-state index contributed by atoms with van der Waals surface area (Å²) in [4.78, 5) is 17.4. The van der Waals surface area contributed by atoms with Gasteiger partial charge in [-0.25, -0.2) is 9.97 Å². The highest BCUT2D eigenvalue weighted by molar-refractivity contribution is 7.99. The third kappa shape index (κ3) is 3.10. The summed E-state index contributed by atoms with van der Waals surface area (Å²) < 4.78 is 39.7. The van der Waals surface area contributed by atoms with Crippen molar-refractivity contribution in [3.63, 3.8) is 0 Å². The van der Waals surface area contributed by atoms with E-state index in [4.69, 9.17) is 11.6 Å². The molecule has 3 aromatic heterocycles. The maximum Gasteiger partial charge on any atom is 0.417 e. The Labute approximate surface area is 139 Å². The Morgan fingerprint density at radius 3 is 2.50 bits per heavy atom. The van der Waals surface area contributed by atoms with Gasteiger partial charge in [0.2, 0.25) is 5.16 Å². The van der Waals surface area contributed by atoms with Crippen LogP contribution in [0.4, 0.5) is 18.9 Å². The van der Waals surface area contributed by atoms with Crippen molar-refractivity contribution >= 4 is 34.7 Å². The molecule has 0 atom stereocenters. The number of fused-ring (bicyclic) bond motifs is 1. The summed E-state index contributed by atoms with van der Waals surface area (Å²) in [5.74, 6) is 0. The van der Waals surface area contributed by atoms with Gasteiger partial charge in [-0.05, 0) is 17.8 Å². The van der Waals surface area contributed by atoms with Crippen LogP contribution in [-0.2, 0) is 6.18 Å². The Hall–Kier alpha value is -2.47. The highest BCUT2D eigenvalue weighted by Crippen LogP contribution is 2.34. The van der Waals surface area contributed by atoms with E-state index in [1.807, 2.05) is 0 Å². The van der Waals surface area contributed by atoms with Gasteiger partial charge in [0.15, 0.2) is 10.8 Å². The molecule has 0 bridgehead atoms. The van der Waals surface area contributed by atoms with Crippen LogP contribution in [0.3, 0.4) is 0 Å². The monoisotopic (exact) mass is 376 g/mol. The average molecular weight is 377 g/mol. The van der Waals surface area contributed by atoms with E-state index in [0.717, 1.165) is 40.8 Å². The third-order valence-corrected chi connectivity index (χ3v) is 3.90. The zero-order chi connectivity index (χ0) is 17.5. The first-order chi connectivity index (χ1) is 11.3. The van der Waals surface area contributed by atoms with Crippen molar-refractivity contribution in [2.24, 2.45) is 0 Å². The molecule has 0 spiro atoms. The molecule has 0 saturated carbocycles. The minimum Gasteiger partial charge on any atom is -0.275 e. The second-order valence-electron chi connectivity index (χ2n) is 4.33. The van der Waals surface area contributed by atoms with Gasteiger partial charge in [-0.3, -0.25) is 14.5 Å². The van der Waals surface area contributed by atoms with E-state index >= 15 is 0 Å². The average Bonchev–Trinajstić information content (AvgIpc) is 2.90. The Morgan fingerprint density at radius 1 is 1.25 bits per heavy atom. The third-order valence-electron chi connectivity index (χ3n) is 2.76. The maximum absolute atomic E-state index is 12.9. The van der Waals surface area contributed by atoms with E-state index in [1.54, 1.807) is 0 Å². The van der Waals surface area contributed by atoms with Crippen LogP contribution in [0.5, 0.6) is 0 Å². The number of rotatable bonds is 3. The number of nitro groups is 1. The molecule has 0 aliphatic rings. The molecule has 0 saturated heterocycles. The summed E-state index contributed by atoms with van der Waals surface area (Å²) in [6.45, 7) is 0. The smallest absolute Gasteiger partial charge is 0.275 e. The van der Waals surface area contributed by atoms with Gasteiger partial charge in [-0.15, -0.1) is 10.2 Å². The van der Waals surface area contributed by atoms with E-state index in [1.165, 1.54) is 0 Å². The Balaban J connectivity index is 2.00. The number of alkyl halides is 3. The van der Waals surface area contributed by atoms with Crippen molar-refractivity contribution in [2.45, 2.75) is 16.5 Å². The van der Waals surface area contributed by atoms with Gasteiger partial charge in [-0.1, -0.05) is 11.6 Å². The summed E-state index contributed by atoms with van der Waals surface area (Å²) in [5.41, 5.74) is -1.24. The number of aromatic nitrogens is 5. The quantitative estimate of drug-likeness (QED) is 0.393. The largest absolute Gasteiger partial charge is 0.417 e. The van der Waals surface area contributed by atoms with E-state index in [-0.39, 0.29) is 26.7 Å². The summed E-state index contributed by atoms with van der Waals surface area (Å²) in [7, 11) is 0. The van der Waals surface area contributed by atoms with Crippen LogP contribution in [0.25, 0.3) is 5.65 Å². The lowest BCUT2D eigenvalue weighted by atomic mass is 10.3. The number of pyridine rings is 1. The molecule has 3 aromatic rings. The van der Waals surface area contributed by atoms with E-state index in [9.17, 15) is 23.3 Å². The molecule has 13 heteroatoms. The predicted molar refractivity (Wildman–Crippen MR) is 75.8 cm³/mol. The minimum atomic E-state index is -4.59. The molecule has 0 aliphatic carbocycles. The van der Waals surface area contributed by atoms with Gasteiger partial charge < -0.3 is 0 Å². The zero-order valence-corrected chi connectivity index (χ0v) is 12.8. The molecule has 0 aromatic carbocycles. The molecule has 3 rings (SSSR count). The minimum absolute atomic E-state index is 0.0341. The molecule has 0 fully saturated rings. The van der Waals surface area contributed by atoms with E-state index < -0.39 is 16.7 Å². The topological polar surface area (TPSA) is 99.1 Å². The fourth-order valence-electron chi connectivity index (χ4n) is 1.70. The van der Waals surface area contributed by atoms with Crippen LogP contribution in [0, 0.1) is 10.1 Å². The van der Waals surface area contributed by atoms with Gasteiger partial charge in [0, 0.05) is 6.20 Å². The molecule has 0 radical (unpaired) electrons. The first-order valence-electron chi connectivity index (χ1n) is 6.01. The SMILES string of the molecule is O=[N+]([O-])c1cnc(Sc2nnc3c(Cl)cc(C(F)(F)F)cn23)nc1. The number of hydrogen-bond acceptors (Lipinski definition) is 7. The number of halogens is 4. The first-order valence-corrected chi connectivity index (χ1v) is 7.21. The first kappa shape index (κ1) is 16.4. The van der Waals surface area contributed by atoms with Gasteiger partial charge in [-0.2, -0.15) is 13.2 Å². The Morgan fingerprint density at radius 2 is 1.92 bits per heavy atom. The van der Waals surface area contributed by atoms with Crippen molar-refractivity contribution < 1.29 is 18.1 Å². The van der Waals surface area contributed by atoms with Crippen LogP contribution in [0.1, 0.15) is 5.56 Å². The van der Waals surface area contributed by atoms with Crippen LogP contribution >= 0.6 is 23.4 Å². The molecule has 24 heavy (non-hydrogen) atoms. The second kappa shape index (κ2) is 5.87. The second-order valence-corrected chi connectivity index (χ2v) is 5.68. The van der Waals surface area contributed by atoms with Gasteiger partial charge in [0.25, 0.3) is 0 Å². The summed E-state index contributed by atoms with van der Waals surface area (Å²) >= 11 is 6.59. The van der Waals surface area contributed by atoms with Gasteiger partial charge >= 0.3 is 11.9 Å². The van der Waals surface area contributed by atoms with E-state index in [2.05, 4.69) is 20.2 Å². The standard InChI is InChI=1S/C11H4ClF3N6O2S/c12-7-1-5(11(13,14)15)4-20-8(7)18-19-10(20)24-9-16-2-6(3-17-9)21(22)23/h1-4H. The number of nitrogens with zero attached hydrogens (tertiary/aromatic N) is 6. The van der Waals surface area contributed by atoms with Crippen molar-refractivity contribution in [1.82, 2.24) is 24.6 Å². The summed E-state index contributed by atoms with van der Waals surface area (Å²) in [6.07, 6.45) is -1.83. The van der Waals surface area contributed by atoms with E-state index in [0.29, 0.717) is 0 Å². The fraction of sp³-hybridized carbons (Fsp3) is 0.0909.